The van der Waals surface area contributed by atoms with Crippen LogP contribution in [-0.2, 0) is 0 Å². The molecule has 0 fully saturated rings. The van der Waals surface area contributed by atoms with E-state index in [0.717, 1.165) is 17.1 Å². The number of benzene rings is 1. The Bertz CT molecular complexity index is 622. The van der Waals surface area contributed by atoms with Gasteiger partial charge in [0, 0.05) is 13.2 Å². The van der Waals surface area contributed by atoms with E-state index in [-0.39, 0.29) is 0 Å². The minimum atomic E-state index is 0.815. The topological polar surface area (TPSA) is 57.5 Å². The van der Waals surface area contributed by atoms with E-state index in [1.165, 1.54) is 11.1 Å². The van der Waals surface area contributed by atoms with Crippen LogP contribution in [0.25, 0.3) is 5.69 Å². The van der Waals surface area contributed by atoms with Gasteiger partial charge in [0.25, 0.3) is 0 Å². The lowest BCUT2D eigenvalue weighted by molar-refractivity contribution is 0.349. The molecule has 6 heteroatoms. The summed E-state index contributed by atoms with van der Waals surface area (Å²) in [5, 5.41) is 10.4. The number of amidine groups is 1. The maximum atomic E-state index is 4.40. The van der Waals surface area contributed by atoms with Crippen molar-refractivity contribution in [1.29, 1.82) is 0 Å². The molecule has 0 unspecified atom stereocenters. The van der Waals surface area contributed by atoms with Gasteiger partial charge >= 0.3 is 0 Å². The van der Waals surface area contributed by atoms with Crippen LogP contribution in [-0.4, -0.2) is 27.7 Å². The number of rotatable bonds is 2. The zero-order valence-electron chi connectivity index (χ0n) is 11.2. The first-order valence-corrected chi connectivity index (χ1v) is 6.09. The number of aromatic nitrogens is 2. The Labute approximate surface area is 111 Å². The Balaban J connectivity index is 1.97. The third-order valence-corrected chi connectivity index (χ3v) is 3.01. The fourth-order valence-corrected chi connectivity index (χ4v) is 2.20. The highest BCUT2D eigenvalue weighted by Gasteiger charge is 2.16. The molecule has 0 saturated carbocycles. The van der Waals surface area contributed by atoms with Crippen LogP contribution in [0.1, 0.15) is 16.7 Å². The van der Waals surface area contributed by atoms with Crippen LogP contribution in [0.4, 0.5) is 0 Å². The second kappa shape index (κ2) is 4.40. The molecule has 0 atom stereocenters. The third kappa shape index (κ3) is 2.17. The molecule has 19 heavy (non-hydrogen) atoms. The molecular formula is C13H16N6. The molecule has 0 amide bonds. The SMILES string of the molecule is Cc1cc(C)cc(-n2cc(C3=NNNN3C)cn2)c1. The molecule has 0 spiro atoms. The number of hydrogen-bond acceptors (Lipinski definition) is 5. The number of hydrogen-bond donors (Lipinski definition) is 2. The van der Waals surface area contributed by atoms with Gasteiger partial charge in [-0.15, -0.1) is 10.6 Å². The Morgan fingerprint density at radius 2 is 1.84 bits per heavy atom. The highest BCUT2D eigenvalue weighted by molar-refractivity contribution is 5.98. The first-order chi connectivity index (χ1) is 9.13. The molecule has 2 aromatic rings. The standard InChI is InChI=1S/C13H16N6/c1-9-4-10(2)6-12(5-9)19-8-11(7-14-19)13-15-16-17-18(13)3/h4-8,16-17H,1-3H3. The molecule has 3 rings (SSSR count). The lowest BCUT2D eigenvalue weighted by Gasteiger charge is -2.10. The molecule has 0 radical (unpaired) electrons. The summed E-state index contributed by atoms with van der Waals surface area (Å²) in [7, 11) is 1.90. The van der Waals surface area contributed by atoms with Crippen molar-refractivity contribution in [2.24, 2.45) is 5.10 Å². The largest absolute Gasteiger partial charge is 0.274 e. The fourth-order valence-electron chi connectivity index (χ4n) is 2.20. The highest BCUT2D eigenvalue weighted by Crippen LogP contribution is 2.14. The zero-order valence-corrected chi connectivity index (χ0v) is 11.2. The second-order valence-corrected chi connectivity index (χ2v) is 4.74. The molecule has 1 aromatic heterocycles. The first kappa shape index (κ1) is 11.7. The van der Waals surface area contributed by atoms with Gasteiger partial charge in [0.1, 0.15) is 0 Å². The van der Waals surface area contributed by atoms with E-state index in [2.05, 4.69) is 53.3 Å². The van der Waals surface area contributed by atoms with Gasteiger partial charge in [-0.25, -0.2) is 10.2 Å². The van der Waals surface area contributed by atoms with Crippen molar-refractivity contribution in [2.45, 2.75) is 13.8 Å². The Hall–Kier alpha value is -2.34. The lowest BCUT2D eigenvalue weighted by Crippen LogP contribution is -2.37. The molecular weight excluding hydrogens is 240 g/mol. The Morgan fingerprint density at radius 1 is 1.11 bits per heavy atom. The van der Waals surface area contributed by atoms with E-state index in [9.17, 15) is 0 Å². The Kier molecular flexibility index (Phi) is 2.72. The van der Waals surface area contributed by atoms with Crippen LogP contribution in [0.3, 0.4) is 0 Å². The van der Waals surface area contributed by atoms with Crippen molar-refractivity contribution < 1.29 is 0 Å². The van der Waals surface area contributed by atoms with Gasteiger partial charge in [-0.1, -0.05) is 6.07 Å². The summed E-state index contributed by atoms with van der Waals surface area (Å²) in [5.41, 5.74) is 10.1. The Morgan fingerprint density at radius 3 is 2.47 bits per heavy atom. The van der Waals surface area contributed by atoms with E-state index in [1.54, 1.807) is 0 Å². The number of hydrazine groups is 2. The van der Waals surface area contributed by atoms with Crippen LogP contribution in [0.2, 0.25) is 0 Å². The number of nitrogens with zero attached hydrogens (tertiary/aromatic N) is 4. The summed E-state index contributed by atoms with van der Waals surface area (Å²) in [5.74, 6) is 0.815. The van der Waals surface area contributed by atoms with E-state index in [1.807, 2.05) is 29.1 Å². The molecule has 1 aromatic carbocycles. The maximum absolute atomic E-state index is 4.40. The van der Waals surface area contributed by atoms with Crippen molar-refractivity contribution >= 4 is 5.84 Å². The van der Waals surface area contributed by atoms with E-state index >= 15 is 0 Å². The van der Waals surface area contributed by atoms with Gasteiger partial charge in [0.2, 0.25) is 0 Å². The smallest absolute Gasteiger partial charge is 0.175 e. The third-order valence-electron chi connectivity index (χ3n) is 3.01. The predicted octanol–water partition coefficient (Wildman–Crippen LogP) is 1.11. The minimum Gasteiger partial charge on any atom is -0.274 e. The molecule has 2 N–H and O–H groups in total. The summed E-state index contributed by atoms with van der Waals surface area (Å²) in [6.07, 6.45) is 3.78. The van der Waals surface area contributed by atoms with E-state index in [0.29, 0.717) is 0 Å². The first-order valence-electron chi connectivity index (χ1n) is 6.09. The summed E-state index contributed by atoms with van der Waals surface area (Å²) < 4.78 is 1.87. The molecule has 98 valence electrons. The summed E-state index contributed by atoms with van der Waals surface area (Å²) in [6.45, 7) is 4.17. The van der Waals surface area contributed by atoms with Gasteiger partial charge in [0.15, 0.2) is 5.84 Å². The van der Waals surface area contributed by atoms with Crippen molar-refractivity contribution in [3.05, 3.63) is 47.3 Å². The van der Waals surface area contributed by atoms with E-state index in [4.69, 9.17) is 0 Å². The average molecular weight is 256 g/mol. The fraction of sp³-hybridized carbons (Fsp3) is 0.231. The van der Waals surface area contributed by atoms with Crippen molar-refractivity contribution in [1.82, 2.24) is 25.9 Å². The summed E-state index contributed by atoms with van der Waals surface area (Å²) >= 11 is 0. The summed E-state index contributed by atoms with van der Waals surface area (Å²) in [6, 6.07) is 6.37. The minimum absolute atomic E-state index is 0.815. The zero-order chi connectivity index (χ0) is 13.4. The molecule has 6 nitrogen and oxygen atoms in total. The average Bonchev–Trinajstić information content (AvgIpc) is 2.95. The number of nitrogens with one attached hydrogen (secondary N) is 2. The monoisotopic (exact) mass is 256 g/mol. The van der Waals surface area contributed by atoms with Crippen molar-refractivity contribution in [3.8, 4) is 5.69 Å². The lowest BCUT2D eigenvalue weighted by atomic mass is 10.1. The predicted molar refractivity (Wildman–Crippen MR) is 73.6 cm³/mol. The van der Waals surface area contributed by atoms with Crippen LogP contribution in [0.5, 0.6) is 0 Å². The molecule has 0 aliphatic carbocycles. The van der Waals surface area contributed by atoms with Gasteiger partial charge in [0.05, 0.1) is 17.4 Å². The van der Waals surface area contributed by atoms with Gasteiger partial charge < -0.3 is 0 Å². The molecule has 0 saturated heterocycles. The van der Waals surface area contributed by atoms with Gasteiger partial charge in [-0.2, -0.15) is 5.10 Å². The van der Waals surface area contributed by atoms with Gasteiger partial charge in [-0.3, -0.25) is 5.01 Å². The van der Waals surface area contributed by atoms with Crippen LogP contribution in [0, 0.1) is 13.8 Å². The molecule has 1 aliphatic heterocycles. The normalized spacial score (nSPS) is 14.5. The quantitative estimate of drug-likeness (QED) is 0.845. The number of aryl methyl sites for hydroxylation is 2. The second-order valence-electron chi connectivity index (χ2n) is 4.74. The van der Waals surface area contributed by atoms with Crippen LogP contribution in [0.15, 0.2) is 35.7 Å². The summed E-state index contributed by atoms with van der Waals surface area (Å²) in [4.78, 5) is 0. The molecule has 0 bridgehead atoms. The van der Waals surface area contributed by atoms with Crippen LogP contribution >= 0.6 is 0 Å². The molecule has 1 aliphatic rings. The molecule has 2 heterocycles. The van der Waals surface area contributed by atoms with Crippen molar-refractivity contribution in [3.63, 3.8) is 0 Å². The van der Waals surface area contributed by atoms with Crippen molar-refractivity contribution in [2.75, 3.05) is 7.05 Å². The maximum Gasteiger partial charge on any atom is 0.175 e. The van der Waals surface area contributed by atoms with Crippen LogP contribution < -0.4 is 11.1 Å². The van der Waals surface area contributed by atoms with E-state index < -0.39 is 0 Å². The number of hydrazone groups is 1. The highest BCUT2D eigenvalue weighted by atomic mass is 15.8. The van der Waals surface area contributed by atoms with Gasteiger partial charge in [-0.05, 0) is 37.1 Å².